The fourth-order valence-electron chi connectivity index (χ4n) is 3.69. The summed E-state index contributed by atoms with van der Waals surface area (Å²) < 4.78 is 33.8. The Bertz CT molecular complexity index is 1480. The van der Waals surface area contributed by atoms with Crippen LogP contribution in [0.2, 0.25) is 0 Å². The Labute approximate surface area is 190 Å². The van der Waals surface area contributed by atoms with E-state index in [1.165, 1.54) is 35.6 Å². The number of pyridine rings is 1. The van der Waals surface area contributed by atoms with Gasteiger partial charge in [-0.2, -0.15) is 0 Å². The van der Waals surface area contributed by atoms with Crippen molar-refractivity contribution in [2.75, 3.05) is 11.8 Å². The van der Waals surface area contributed by atoms with Gasteiger partial charge in [0.05, 0.1) is 17.7 Å². The number of furan rings is 1. The van der Waals surface area contributed by atoms with E-state index >= 15 is 0 Å². The van der Waals surface area contributed by atoms with Gasteiger partial charge in [0.2, 0.25) is 5.43 Å². The van der Waals surface area contributed by atoms with Crippen molar-refractivity contribution in [1.82, 2.24) is 9.88 Å². The van der Waals surface area contributed by atoms with Gasteiger partial charge in [-0.1, -0.05) is 6.07 Å². The molecule has 2 aromatic heterocycles. The highest BCUT2D eigenvalue weighted by Gasteiger charge is 2.20. The van der Waals surface area contributed by atoms with E-state index < -0.39 is 21.4 Å². The molecule has 4 rings (SSSR count). The maximum atomic E-state index is 13.1. The van der Waals surface area contributed by atoms with Crippen LogP contribution in [-0.2, 0) is 16.6 Å². The molecule has 0 aliphatic rings. The van der Waals surface area contributed by atoms with E-state index in [2.05, 4.69) is 9.71 Å². The summed E-state index contributed by atoms with van der Waals surface area (Å²) >= 11 is 0. The van der Waals surface area contributed by atoms with Gasteiger partial charge in [0.1, 0.15) is 11.3 Å². The first-order valence-corrected chi connectivity index (χ1v) is 11.7. The molecule has 33 heavy (non-hydrogen) atoms. The molecule has 0 atom stereocenters. The van der Waals surface area contributed by atoms with Crippen LogP contribution in [0, 0.1) is 13.8 Å². The first-order chi connectivity index (χ1) is 15.6. The molecule has 1 amide bonds. The summed E-state index contributed by atoms with van der Waals surface area (Å²) in [5.41, 5.74) is 2.06. The minimum atomic E-state index is -3.95. The SMILES string of the molecule is Cc1cc(C)cc(NS(=O)(=O)c2ccc3[nH]cc(C(=O)N(C)Cc4ccco4)c(=O)c3c2)c1. The molecule has 0 unspecified atom stereocenters. The molecule has 0 fully saturated rings. The summed E-state index contributed by atoms with van der Waals surface area (Å²) in [5.74, 6) is 0.0741. The molecular formula is C24H23N3O5S. The van der Waals surface area contributed by atoms with Crippen molar-refractivity contribution in [1.29, 1.82) is 0 Å². The smallest absolute Gasteiger partial charge is 0.261 e. The van der Waals surface area contributed by atoms with E-state index in [0.717, 1.165) is 11.1 Å². The number of aromatic amines is 1. The lowest BCUT2D eigenvalue weighted by molar-refractivity contribution is 0.0774. The van der Waals surface area contributed by atoms with Gasteiger partial charge in [0.25, 0.3) is 15.9 Å². The minimum absolute atomic E-state index is 0.0757. The predicted molar refractivity (Wildman–Crippen MR) is 126 cm³/mol. The average Bonchev–Trinajstić information content (AvgIpc) is 3.25. The Kier molecular flexibility index (Phi) is 5.82. The third-order valence-electron chi connectivity index (χ3n) is 5.19. The number of nitrogens with zero attached hydrogens (tertiary/aromatic N) is 1. The third-order valence-corrected chi connectivity index (χ3v) is 6.57. The van der Waals surface area contributed by atoms with Crippen LogP contribution in [0.15, 0.2) is 75.1 Å². The number of fused-ring (bicyclic) bond motifs is 1. The molecule has 170 valence electrons. The van der Waals surface area contributed by atoms with Crippen LogP contribution in [0.1, 0.15) is 27.2 Å². The van der Waals surface area contributed by atoms with Crippen LogP contribution in [-0.4, -0.2) is 31.3 Å². The maximum absolute atomic E-state index is 13.1. The van der Waals surface area contributed by atoms with Gasteiger partial charge in [-0.3, -0.25) is 14.3 Å². The number of aryl methyl sites for hydroxylation is 2. The summed E-state index contributed by atoms with van der Waals surface area (Å²) in [7, 11) is -2.39. The minimum Gasteiger partial charge on any atom is -0.467 e. The Morgan fingerprint density at radius 3 is 2.48 bits per heavy atom. The number of anilines is 1. The highest BCUT2D eigenvalue weighted by molar-refractivity contribution is 7.92. The van der Waals surface area contributed by atoms with Crippen LogP contribution < -0.4 is 10.2 Å². The lowest BCUT2D eigenvalue weighted by atomic mass is 10.1. The quantitative estimate of drug-likeness (QED) is 0.450. The molecule has 2 aromatic carbocycles. The lowest BCUT2D eigenvalue weighted by Crippen LogP contribution is -2.30. The normalized spacial score (nSPS) is 11.5. The molecule has 0 saturated heterocycles. The number of sulfonamides is 1. The van der Waals surface area contributed by atoms with Crippen molar-refractivity contribution in [3.05, 3.63) is 93.7 Å². The number of aromatic nitrogens is 1. The first kappa shape index (κ1) is 22.3. The predicted octanol–water partition coefficient (Wildman–Crippen LogP) is 3.81. The molecule has 0 spiro atoms. The number of hydrogen-bond donors (Lipinski definition) is 2. The van der Waals surface area contributed by atoms with E-state index in [1.807, 2.05) is 19.9 Å². The van der Waals surface area contributed by atoms with Gasteiger partial charge < -0.3 is 14.3 Å². The molecule has 8 nitrogen and oxygen atoms in total. The van der Waals surface area contributed by atoms with Crippen molar-refractivity contribution in [2.24, 2.45) is 0 Å². The maximum Gasteiger partial charge on any atom is 0.261 e. The zero-order valence-corrected chi connectivity index (χ0v) is 19.2. The molecule has 2 N–H and O–H groups in total. The van der Waals surface area contributed by atoms with Gasteiger partial charge >= 0.3 is 0 Å². The van der Waals surface area contributed by atoms with E-state index in [9.17, 15) is 18.0 Å². The van der Waals surface area contributed by atoms with E-state index in [4.69, 9.17) is 4.42 Å². The number of amides is 1. The van der Waals surface area contributed by atoms with Crippen LogP contribution in [0.4, 0.5) is 5.69 Å². The van der Waals surface area contributed by atoms with Crippen LogP contribution in [0.3, 0.4) is 0 Å². The Morgan fingerprint density at radius 1 is 1.09 bits per heavy atom. The van der Waals surface area contributed by atoms with Crippen molar-refractivity contribution < 1.29 is 17.6 Å². The molecule has 0 aliphatic heterocycles. The molecular weight excluding hydrogens is 442 g/mol. The van der Waals surface area contributed by atoms with Gasteiger partial charge in [0.15, 0.2) is 0 Å². The number of carbonyl (C=O) groups is 1. The second kappa shape index (κ2) is 8.59. The number of benzene rings is 2. The Balaban J connectivity index is 1.68. The van der Waals surface area contributed by atoms with E-state index in [0.29, 0.717) is 17.0 Å². The number of hydrogen-bond acceptors (Lipinski definition) is 5. The van der Waals surface area contributed by atoms with Crippen LogP contribution in [0.5, 0.6) is 0 Å². The number of nitrogens with one attached hydrogen (secondary N) is 2. The molecule has 0 radical (unpaired) electrons. The fraction of sp³-hybridized carbons (Fsp3) is 0.167. The Hall–Kier alpha value is -3.85. The number of H-pyrrole nitrogens is 1. The molecule has 9 heteroatoms. The Morgan fingerprint density at radius 2 is 1.82 bits per heavy atom. The standard InChI is InChI=1S/C24H23N3O5S/c1-15-9-16(2)11-17(10-15)26-33(30,31)19-6-7-22-20(12-19)23(28)21(13-25-22)24(29)27(3)14-18-5-4-8-32-18/h4-13,26H,14H2,1-3H3,(H,25,28). The van der Waals surface area contributed by atoms with E-state index in [1.54, 1.807) is 31.3 Å². The third kappa shape index (κ3) is 4.68. The largest absolute Gasteiger partial charge is 0.467 e. The zero-order chi connectivity index (χ0) is 23.8. The average molecular weight is 466 g/mol. The molecule has 0 saturated carbocycles. The van der Waals surface area contributed by atoms with Crippen molar-refractivity contribution in [3.63, 3.8) is 0 Å². The van der Waals surface area contributed by atoms with Crippen LogP contribution >= 0.6 is 0 Å². The zero-order valence-electron chi connectivity index (χ0n) is 18.4. The first-order valence-electron chi connectivity index (χ1n) is 10.2. The summed E-state index contributed by atoms with van der Waals surface area (Å²) in [6.45, 7) is 3.95. The molecule has 0 aliphatic carbocycles. The van der Waals surface area contributed by atoms with Gasteiger partial charge in [-0.25, -0.2) is 8.42 Å². The van der Waals surface area contributed by atoms with Crippen molar-refractivity contribution in [3.8, 4) is 0 Å². The summed E-state index contributed by atoms with van der Waals surface area (Å²) in [6, 6.07) is 13.0. The van der Waals surface area contributed by atoms with Gasteiger partial charge in [-0.05, 0) is 67.4 Å². The van der Waals surface area contributed by atoms with Crippen molar-refractivity contribution >= 4 is 32.5 Å². The highest BCUT2D eigenvalue weighted by Crippen LogP contribution is 2.21. The van der Waals surface area contributed by atoms with E-state index in [-0.39, 0.29) is 22.4 Å². The monoisotopic (exact) mass is 465 g/mol. The summed E-state index contributed by atoms with van der Waals surface area (Å²) in [4.78, 5) is 30.1. The molecule has 0 bridgehead atoms. The second-order valence-electron chi connectivity index (χ2n) is 7.96. The van der Waals surface area contributed by atoms with Gasteiger partial charge in [-0.15, -0.1) is 0 Å². The topological polar surface area (TPSA) is 112 Å². The van der Waals surface area contributed by atoms with Gasteiger partial charge in [0, 0.05) is 29.8 Å². The molecule has 4 aromatic rings. The number of carbonyl (C=O) groups excluding carboxylic acids is 1. The van der Waals surface area contributed by atoms with Crippen molar-refractivity contribution in [2.45, 2.75) is 25.3 Å². The number of rotatable bonds is 6. The lowest BCUT2D eigenvalue weighted by Gasteiger charge is -2.15. The second-order valence-corrected chi connectivity index (χ2v) is 9.64. The van der Waals surface area contributed by atoms with Crippen LogP contribution in [0.25, 0.3) is 10.9 Å². The fourth-order valence-corrected chi connectivity index (χ4v) is 4.75. The summed E-state index contributed by atoms with van der Waals surface area (Å²) in [6.07, 6.45) is 2.85. The summed E-state index contributed by atoms with van der Waals surface area (Å²) in [5, 5.41) is 0.107. The highest BCUT2D eigenvalue weighted by atomic mass is 32.2. The molecule has 2 heterocycles.